The van der Waals surface area contributed by atoms with Crippen LogP contribution >= 0.6 is 23.1 Å². The molecule has 0 aliphatic heterocycles. The number of aryl methyl sites for hydroxylation is 1. The standard InChI is InChI=1S/C25H27N5OS2/c1-16(23(31)27-24-20(14-26)19-10-6-3-7-11-21(19)33-24)32-25-29-28-22(18-12-13-18)30(25)15-17-8-4-2-5-9-17/h2,4-5,8-9,16,18H,3,6-7,10-13,15H2,1H3,(H,27,31). The summed E-state index contributed by atoms with van der Waals surface area (Å²) in [5, 5.41) is 22.8. The van der Waals surface area contributed by atoms with E-state index in [2.05, 4.69) is 38.3 Å². The normalized spacial score (nSPS) is 16.5. The van der Waals surface area contributed by atoms with E-state index in [0.717, 1.165) is 55.1 Å². The number of anilines is 1. The lowest BCUT2D eigenvalue weighted by Gasteiger charge is -2.13. The Morgan fingerprint density at radius 2 is 2.03 bits per heavy atom. The molecule has 0 spiro atoms. The number of carbonyl (C=O) groups is 1. The van der Waals surface area contributed by atoms with Crippen LogP contribution in [0.15, 0.2) is 35.5 Å². The zero-order valence-corrected chi connectivity index (χ0v) is 20.3. The van der Waals surface area contributed by atoms with Crippen molar-refractivity contribution in [3.8, 4) is 6.07 Å². The predicted octanol–water partition coefficient (Wildman–Crippen LogP) is 5.53. The summed E-state index contributed by atoms with van der Waals surface area (Å²) in [7, 11) is 0. The molecule has 1 aromatic carbocycles. The maximum absolute atomic E-state index is 13.1. The van der Waals surface area contributed by atoms with Gasteiger partial charge in [-0.15, -0.1) is 21.5 Å². The fourth-order valence-corrected chi connectivity index (χ4v) is 6.42. The van der Waals surface area contributed by atoms with Crippen molar-refractivity contribution in [3.05, 3.63) is 57.7 Å². The molecule has 170 valence electrons. The van der Waals surface area contributed by atoms with Gasteiger partial charge in [-0.3, -0.25) is 4.79 Å². The average molecular weight is 478 g/mol. The van der Waals surface area contributed by atoms with Crippen molar-refractivity contribution in [2.24, 2.45) is 0 Å². The van der Waals surface area contributed by atoms with Crippen LogP contribution in [0.2, 0.25) is 0 Å². The number of aromatic nitrogens is 3. The Morgan fingerprint density at radius 3 is 2.79 bits per heavy atom. The van der Waals surface area contributed by atoms with E-state index >= 15 is 0 Å². The molecule has 5 rings (SSSR count). The zero-order chi connectivity index (χ0) is 22.8. The first-order chi connectivity index (χ1) is 16.1. The third-order valence-corrected chi connectivity index (χ3v) is 8.58. The van der Waals surface area contributed by atoms with E-state index in [1.165, 1.54) is 28.6 Å². The Hall–Kier alpha value is -2.63. The van der Waals surface area contributed by atoms with Gasteiger partial charge in [0.05, 0.1) is 17.4 Å². The van der Waals surface area contributed by atoms with Gasteiger partial charge in [0, 0.05) is 10.8 Å². The Balaban J connectivity index is 1.33. The van der Waals surface area contributed by atoms with Crippen molar-refractivity contribution in [3.63, 3.8) is 0 Å². The predicted molar refractivity (Wildman–Crippen MR) is 132 cm³/mol. The van der Waals surface area contributed by atoms with E-state index in [9.17, 15) is 10.1 Å². The smallest absolute Gasteiger partial charge is 0.238 e. The number of nitrogens with zero attached hydrogens (tertiary/aromatic N) is 4. The summed E-state index contributed by atoms with van der Waals surface area (Å²) in [6, 6.07) is 12.6. The minimum absolute atomic E-state index is 0.102. The lowest BCUT2D eigenvalue weighted by Crippen LogP contribution is -2.23. The lowest BCUT2D eigenvalue weighted by atomic mass is 10.1. The molecule has 0 saturated heterocycles. The van der Waals surface area contributed by atoms with Gasteiger partial charge in [0.1, 0.15) is 16.9 Å². The summed E-state index contributed by atoms with van der Waals surface area (Å²) < 4.78 is 2.16. The van der Waals surface area contributed by atoms with Gasteiger partial charge in [0.2, 0.25) is 5.91 Å². The second-order valence-corrected chi connectivity index (χ2v) is 11.2. The highest BCUT2D eigenvalue weighted by Gasteiger charge is 2.31. The van der Waals surface area contributed by atoms with Gasteiger partial charge in [-0.1, -0.05) is 48.5 Å². The van der Waals surface area contributed by atoms with Crippen LogP contribution in [0.25, 0.3) is 0 Å². The number of nitrogens with one attached hydrogen (secondary N) is 1. The molecule has 0 radical (unpaired) electrons. The van der Waals surface area contributed by atoms with E-state index in [-0.39, 0.29) is 11.2 Å². The number of thiophene rings is 1. The van der Waals surface area contributed by atoms with Gasteiger partial charge in [-0.05, 0) is 56.6 Å². The maximum Gasteiger partial charge on any atom is 0.238 e. The highest BCUT2D eigenvalue weighted by atomic mass is 32.2. The third-order valence-electron chi connectivity index (χ3n) is 6.29. The first-order valence-corrected chi connectivity index (χ1v) is 13.3. The molecule has 2 aliphatic carbocycles. The maximum atomic E-state index is 13.1. The molecular weight excluding hydrogens is 450 g/mol. The summed E-state index contributed by atoms with van der Waals surface area (Å²) in [5.41, 5.74) is 3.00. The van der Waals surface area contributed by atoms with Crippen LogP contribution in [0.4, 0.5) is 5.00 Å². The number of thioether (sulfide) groups is 1. The van der Waals surface area contributed by atoms with E-state index in [0.29, 0.717) is 23.0 Å². The fourth-order valence-electron chi connectivity index (χ4n) is 4.32. The topological polar surface area (TPSA) is 83.6 Å². The van der Waals surface area contributed by atoms with Crippen LogP contribution < -0.4 is 5.32 Å². The molecule has 6 nitrogen and oxygen atoms in total. The number of hydrogen-bond acceptors (Lipinski definition) is 6. The number of rotatable bonds is 7. The van der Waals surface area contributed by atoms with E-state index < -0.39 is 0 Å². The number of hydrogen-bond donors (Lipinski definition) is 1. The quantitative estimate of drug-likeness (QED) is 0.358. The Morgan fingerprint density at radius 1 is 1.24 bits per heavy atom. The van der Waals surface area contributed by atoms with Crippen LogP contribution in [0, 0.1) is 11.3 Å². The summed E-state index contributed by atoms with van der Waals surface area (Å²) in [6.07, 6.45) is 7.69. The molecule has 1 fully saturated rings. The summed E-state index contributed by atoms with van der Waals surface area (Å²) in [5.74, 6) is 1.39. The van der Waals surface area contributed by atoms with Crippen molar-refractivity contribution in [1.29, 1.82) is 5.26 Å². The van der Waals surface area contributed by atoms with Crippen molar-refractivity contribution in [2.45, 2.75) is 74.7 Å². The Kier molecular flexibility index (Phi) is 6.52. The second kappa shape index (κ2) is 9.70. The van der Waals surface area contributed by atoms with Gasteiger partial charge in [0.25, 0.3) is 0 Å². The molecule has 1 saturated carbocycles. The van der Waals surface area contributed by atoms with Crippen LogP contribution in [-0.2, 0) is 24.2 Å². The molecule has 1 unspecified atom stereocenters. The van der Waals surface area contributed by atoms with Crippen LogP contribution in [0.3, 0.4) is 0 Å². The number of benzene rings is 1. The summed E-state index contributed by atoms with van der Waals surface area (Å²) in [6.45, 7) is 2.59. The van der Waals surface area contributed by atoms with Crippen molar-refractivity contribution in [2.75, 3.05) is 5.32 Å². The molecule has 2 heterocycles. The number of amides is 1. The molecule has 1 N–H and O–H groups in total. The van der Waals surface area contributed by atoms with E-state index in [1.54, 1.807) is 11.3 Å². The van der Waals surface area contributed by atoms with Crippen LogP contribution in [-0.4, -0.2) is 25.9 Å². The first kappa shape index (κ1) is 22.2. The van der Waals surface area contributed by atoms with Gasteiger partial charge in [0.15, 0.2) is 5.16 Å². The Labute approximate surface area is 202 Å². The molecule has 1 amide bonds. The minimum atomic E-state index is -0.357. The molecule has 33 heavy (non-hydrogen) atoms. The van der Waals surface area contributed by atoms with Crippen molar-refractivity contribution >= 4 is 34.0 Å². The van der Waals surface area contributed by atoms with E-state index in [4.69, 9.17) is 0 Å². The monoisotopic (exact) mass is 477 g/mol. The van der Waals surface area contributed by atoms with Crippen LogP contribution in [0.5, 0.6) is 0 Å². The highest BCUT2D eigenvalue weighted by Crippen LogP contribution is 2.41. The Bertz CT molecular complexity index is 1190. The fraction of sp³-hybridized carbons (Fsp3) is 0.440. The van der Waals surface area contributed by atoms with Gasteiger partial charge in [-0.2, -0.15) is 5.26 Å². The second-order valence-electron chi connectivity index (χ2n) is 8.82. The molecule has 1 atom stereocenters. The summed E-state index contributed by atoms with van der Waals surface area (Å²) >= 11 is 3.01. The highest BCUT2D eigenvalue weighted by molar-refractivity contribution is 8.00. The minimum Gasteiger partial charge on any atom is -0.316 e. The number of fused-ring (bicyclic) bond motifs is 1. The molecule has 0 bridgehead atoms. The third kappa shape index (κ3) is 4.85. The molecule has 2 aromatic heterocycles. The van der Waals surface area contributed by atoms with Gasteiger partial charge >= 0.3 is 0 Å². The number of nitriles is 1. The van der Waals surface area contributed by atoms with Crippen LogP contribution in [0.1, 0.15) is 72.3 Å². The SMILES string of the molecule is CC(Sc1nnc(C2CC2)n1Cc1ccccc1)C(=O)Nc1sc2c(c1C#N)CCCCC2. The van der Waals surface area contributed by atoms with Crippen molar-refractivity contribution in [1.82, 2.24) is 14.8 Å². The zero-order valence-electron chi connectivity index (χ0n) is 18.7. The number of carbonyl (C=O) groups excluding carboxylic acids is 1. The van der Waals surface area contributed by atoms with Gasteiger partial charge in [-0.25, -0.2) is 0 Å². The molecule has 3 aromatic rings. The average Bonchev–Trinajstić information content (AvgIpc) is 3.57. The van der Waals surface area contributed by atoms with Crippen molar-refractivity contribution < 1.29 is 4.79 Å². The van der Waals surface area contributed by atoms with E-state index in [1.807, 2.05) is 25.1 Å². The molecule has 2 aliphatic rings. The lowest BCUT2D eigenvalue weighted by molar-refractivity contribution is -0.115. The largest absolute Gasteiger partial charge is 0.316 e. The molecular formula is C25H27N5OS2. The summed E-state index contributed by atoms with van der Waals surface area (Å²) in [4.78, 5) is 14.4. The van der Waals surface area contributed by atoms with Gasteiger partial charge < -0.3 is 9.88 Å². The molecule has 8 heteroatoms. The first-order valence-electron chi connectivity index (χ1n) is 11.6.